The van der Waals surface area contributed by atoms with Gasteiger partial charge in [-0.15, -0.1) is 0 Å². The molecule has 0 spiro atoms. The summed E-state index contributed by atoms with van der Waals surface area (Å²) in [5, 5.41) is 4.76. The van der Waals surface area contributed by atoms with E-state index in [0.717, 1.165) is 26.9 Å². The molecule has 1 amide bonds. The molecule has 3 N–H and O–H groups in total. The fourth-order valence-electron chi connectivity index (χ4n) is 3.33. The van der Waals surface area contributed by atoms with Gasteiger partial charge in [0.25, 0.3) is 5.91 Å². The SMILES string of the molecule is O=C(N/N=C\c1cccc(Br)c1)C1CC(c2ccc(OCc3ccc(Cl)cc3)cc2)NN1. The van der Waals surface area contributed by atoms with Gasteiger partial charge in [-0.2, -0.15) is 5.10 Å². The second-order valence-corrected chi connectivity index (χ2v) is 8.76. The average Bonchev–Trinajstić information content (AvgIpc) is 3.30. The highest BCUT2D eigenvalue weighted by Crippen LogP contribution is 2.25. The van der Waals surface area contributed by atoms with Crippen molar-refractivity contribution in [1.29, 1.82) is 0 Å². The molecule has 0 bridgehead atoms. The zero-order chi connectivity index (χ0) is 22.3. The van der Waals surface area contributed by atoms with E-state index in [1.54, 1.807) is 6.21 Å². The Morgan fingerprint density at radius 1 is 1.12 bits per heavy atom. The van der Waals surface area contributed by atoms with Crippen LogP contribution in [-0.4, -0.2) is 18.2 Å². The molecule has 3 aromatic carbocycles. The van der Waals surface area contributed by atoms with Crippen molar-refractivity contribution in [3.8, 4) is 5.75 Å². The summed E-state index contributed by atoms with van der Waals surface area (Å²) in [5.74, 6) is 0.597. The van der Waals surface area contributed by atoms with Gasteiger partial charge >= 0.3 is 0 Å². The van der Waals surface area contributed by atoms with Gasteiger partial charge in [0.05, 0.1) is 6.21 Å². The van der Waals surface area contributed by atoms with Gasteiger partial charge in [-0.1, -0.05) is 63.9 Å². The maximum absolute atomic E-state index is 12.4. The third-order valence-electron chi connectivity index (χ3n) is 5.06. The van der Waals surface area contributed by atoms with Crippen LogP contribution in [0.3, 0.4) is 0 Å². The fraction of sp³-hybridized carbons (Fsp3) is 0.167. The van der Waals surface area contributed by atoms with Crippen LogP contribution < -0.4 is 21.0 Å². The van der Waals surface area contributed by atoms with Crippen molar-refractivity contribution in [1.82, 2.24) is 16.3 Å². The van der Waals surface area contributed by atoms with Crippen molar-refractivity contribution in [2.45, 2.75) is 25.1 Å². The lowest BCUT2D eigenvalue weighted by Gasteiger charge is -2.11. The third kappa shape index (κ3) is 6.17. The van der Waals surface area contributed by atoms with Crippen molar-refractivity contribution in [2.75, 3.05) is 0 Å². The molecular formula is C24H22BrClN4O2. The van der Waals surface area contributed by atoms with E-state index in [1.165, 1.54) is 0 Å². The normalized spacial score (nSPS) is 18.1. The first kappa shape index (κ1) is 22.5. The summed E-state index contributed by atoms with van der Waals surface area (Å²) >= 11 is 9.32. The molecule has 1 heterocycles. The molecule has 2 atom stereocenters. The van der Waals surface area contributed by atoms with E-state index in [-0.39, 0.29) is 18.0 Å². The number of ether oxygens (including phenoxy) is 1. The van der Waals surface area contributed by atoms with Gasteiger partial charge in [-0.25, -0.2) is 16.3 Å². The fourth-order valence-corrected chi connectivity index (χ4v) is 3.87. The van der Waals surface area contributed by atoms with Crippen LogP contribution in [0, 0.1) is 0 Å². The van der Waals surface area contributed by atoms with Crippen molar-refractivity contribution < 1.29 is 9.53 Å². The summed E-state index contributed by atoms with van der Waals surface area (Å²) in [5.41, 5.74) is 11.8. The van der Waals surface area contributed by atoms with Gasteiger partial charge in [-0.05, 0) is 59.5 Å². The highest BCUT2D eigenvalue weighted by molar-refractivity contribution is 9.10. The largest absolute Gasteiger partial charge is 0.489 e. The zero-order valence-electron chi connectivity index (χ0n) is 17.1. The molecule has 3 aromatic rings. The van der Waals surface area contributed by atoms with Crippen LogP contribution in [-0.2, 0) is 11.4 Å². The highest BCUT2D eigenvalue weighted by atomic mass is 79.9. The molecule has 2 unspecified atom stereocenters. The Morgan fingerprint density at radius 2 is 1.91 bits per heavy atom. The van der Waals surface area contributed by atoms with E-state index in [4.69, 9.17) is 16.3 Å². The molecule has 0 saturated carbocycles. The van der Waals surface area contributed by atoms with E-state index in [9.17, 15) is 4.79 Å². The predicted octanol–water partition coefficient (Wildman–Crippen LogP) is 4.74. The minimum absolute atomic E-state index is 0.0186. The van der Waals surface area contributed by atoms with Crippen molar-refractivity contribution in [3.63, 3.8) is 0 Å². The number of amides is 1. The van der Waals surface area contributed by atoms with Gasteiger partial charge in [0.15, 0.2) is 0 Å². The van der Waals surface area contributed by atoms with Crippen LogP contribution in [0.5, 0.6) is 5.75 Å². The van der Waals surface area contributed by atoms with E-state index in [1.807, 2.05) is 72.8 Å². The Bertz CT molecular complexity index is 1090. The second-order valence-electron chi connectivity index (χ2n) is 7.40. The molecule has 32 heavy (non-hydrogen) atoms. The molecule has 8 heteroatoms. The molecule has 0 radical (unpaired) electrons. The number of rotatable bonds is 7. The van der Waals surface area contributed by atoms with Crippen LogP contribution >= 0.6 is 27.5 Å². The average molecular weight is 514 g/mol. The smallest absolute Gasteiger partial charge is 0.258 e. The topological polar surface area (TPSA) is 74.8 Å². The molecule has 1 aliphatic rings. The summed E-state index contributed by atoms with van der Waals surface area (Å²) in [4.78, 5) is 12.4. The first-order valence-electron chi connectivity index (χ1n) is 10.1. The summed E-state index contributed by atoms with van der Waals surface area (Å²) in [7, 11) is 0. The number of carbonyl (C=O) groups is 1. The van der Waals surface area contributed by atoms with E-state index in [0.29, 0.717) is 18.1 Å². The number of hydrazine groups is 1. The summed E-state index contributed by atoms with van der Waals surface area (Å²) < 4.78 is 6.79. The van der Waals surface area contributed by atoms with Gasteiger partial charge in [0.2, 0.25) is 0 Å². The summed E-state index contributed by atoms with van der Waals surface area (Å²) in [6.45, 7) is 0.475. The van der Waals surface area contributed by atoms with E-state index >= 15 is 0 Å². The number of hydrogen-bond acceptors (Lipinski definition) is 5. The second kappa shape index (κ2) is 10.7. The van der Waals surface area contributed by atoms with Gasteiger partial charge in [0, 0.05) is 15.5 Å². The van der Waals surface area contributed by atoms with Crippen molar-refractivity contribution >= 4 is 39.7 Å². The maximum atomic E-state index is 12.4. The quantitative estimate of drug-likeness (QED) is 0.315. The highest BCUT2D eigenvalue weighted by Gasteiger charge is 2.30. The Morgan fingerprint density at radius 3 is 2.66 bits per heavy atom. The Kier molecular flexibility index (Phi) is 7.55. The number of nitrogens with zero attached hydrogens (tertiary/aromatic N) is 1. The molecule has 1 fully saturated rings. The van der Waals surface area contributed by atoms with Crippen molar-refractivity contribution in [2.24, 2.45) is 5.10 Å². The molecule has 0 aliphatic carbocycles. The molecular weight excluding hydrogens is 492 g/mol. The molecule has 1 saturated heterocycles. The lowest BCUT2D eigenvalue weighted by Crippen LogP contribution is -2.41. The number of hydrazone groups is 1. The summed E-state index contributed by atoms with van der Waals surface area (Å²) in [6, 6.07) is 22.8. The monoisotopic (exact) mass is 512 g/mol. The number of benzene rings is 3. The summed E-state index contributed by atoms with van der Waals surface area (Å²) in [6.07, 6.45) is 2.23. The van der Waals surface area contributed by atoms with Gasteiger partial charge in [-0.3, -0.25) is 4.79 Å². The van der Waals surface area contributed by atoms with Crippen LogP contribution in [0.4, 0.5) is 0 Å². The number of carbonyl (C=O) groups excluding carboxylic acids is 1. The van der Waals surface area contributed by atoms with E-state index < -0.39 is 0 Å². The number of halogens is 2. The van der Waals surface area contributed by atoms with Crippen molar-refractivity contribution in [3.05, 3.63) is 99.0 Å². The number of hydrogen-bond donors (Lipinski definition) is 3. The molecule has 4 rings (SSSR count). The predicted molar refractivity (Wildman–Crippen MR) is 130 cm³/mol. The maximum Gasteiger partial charge on any atom is 0.258 e. The van der Waals surface area contributed by atoms with Crippen LogP contribution in [0.2, 0.25) is 5.02 Å². The van der Waals surface area contributed by atoms with Crippen LogP contribution in [0.1, 0.15) is 29.2 Å². The lowest BCUT2D eigenvalue weighted by atomic mass is 10.0. The minimum atomic E-state index is -0.375. The molecule has 1 aliphatic heterocycles. The Balaban J connectivity index is 1.26. The minimum Gasteiger partial charge on any atom is -0.489 e. The Labute approximate surface area is 200 Å². The van der Waals surface area contributed by atoms with E-state index in [2.05, 4.69) is 37.3 Å². The Hall–Kier alpha value is -2.71. The lowest BCUT2D eigenvalue weighted by molar-refractivity contribution is -0.122. The molecule has 0 aromatic heterocycles. The standard InChI is InChI=1S/C24H22BrClN4O2/c25-19-3-1-2-17(12-19)14-27-30-24(31)23-13-22(28-29-23)18-6-10-21(11-7-18)32-15-16-4-8-20(26)9-5-16/h1-12,14,22-23,28-29H,13,15H2,(H,30,31)/b27-14-. The zero-order valence-corrected chi connectivity index (χ0v) is 19.4. The third-order valence-corrected chi connectivity index (χ3v) is 5.80. The van der Waals surface area contributed by atoms with Crippen LogP contribution in [0.15, 0.2) is 82.4 Å². The first-order valence-corrected chi connectivity index (χ1v) is 11.3. The van der Waals surface area contributed by atoms with Gasteiger partial charge < -0.3 is 4.74 Å². The van der Waals surface area contributed by atoms with Crippen LogP contribution in [0.25, 0.3) is 0 Å². The number of nitrogens with one attached hydrogen (secondary N) is 3. The first-order chi connectivity index (χ1) is 15.6. The molecule has 164 valence electrons. The molecule has 6 nitrogen and oxygen atoms in total. The van der Waals surface area contributed by atoms with Gasteiger partial charge in [0.1, 0.15) is 18.4 Å².